The highest BCUT2D eigenvalue weighted by Crippen LogP contribution is 2.29. The van der Waals surface area contributed by atoms with E-state index in [1.165, 1.54) is 5.56 Å². The van der Waals surface area contributed by atoms with Crippen LogP contribution in [-0.2, 0) is 0 Å². The van der Waals surface area contributed by atoms with Crippen molar-refractivity contribution in [3.63, 3.8) is 0 Å². The van der Waals surface area contributed by atoms with Crippen molar-refractivity contribution in [3.8, 4) is 11.5 Å². The van der Waals surface area contributed by atoms with Gasteiger partial charge in [-0.15, -0.1) is 24.0 Å². The number of nitrogens with one attached hydrogen (secondary N) is 1. The molecule has 0 saturated heterocycles. The molecule has 23 heavy (non-hydrogen) atoms. The highest BCUT2D eigenvalue weighted by molar-refractivity contribution is 14.0. The number of benzene rings is 1. The fourth-order valence-electron chi connectivity index (χ4n) is 2.00. The lowest BCUT2D eigenvalue weighted by molar-refractivity contribution is 0.355. The third-order valence-corrected chi connectivity index (χ3v) is 4.01. The van der Waals surface area contributed by atoms with Crippen LogP contribution in [0.4, 0.5) is 5.69 Å². The molecule has 0 amide bonds. The van der Waals surface area contributed by atoms with Crippen molar-refractivity contribution in [3.05, 3.63) is 40.6 Å². The Bertz CT molecular complexity index is 632. The zero-order chi connectivity index (χ0) is 15.9. The van der Waals surface area contributed by atoms with E-state index < -0.39 is 0 Å². The second kappa shape index (κ2) is 9.61. The average molecular weight is 447 g/mol. The number of guanidine groups is 1. The number of halogens is 1. The van der Waals surface area contributed by atoms with E-state index in [1.807, 2.05) is 18.2 Å². The Labute approximate surface area is 157 Å². The van der Waals surface area contributed by atoms with E-state index in [2.05, 4.69) is 34.1 Å². The first-order chi connectivity index (χ1) is 10.6. The Morgan fingerprint density at radius 1 is 1.26 bits per heavy atom. The summed E-state index contributed by atoms with van der Waals surface area (Å²) in [5, 5.41) is 7.27. The highest BCUT2D eigenvalue weighted by atomic mass is 127. The molecule has 0 radical (unpaired) electrons. The molecule has 0 fully saturated rings. The van der Waals surface area contributed by atoms with E-state index >= 15 is 0 Å². The summed E-state index contributed by atoms with van der Waals surface area (Å²) < 4.78 is 10.5. The van der Waals surface area contributed by atoms with Crippen LogP contribution in [0.2, 0.25) is 0 Å². The Morgan fingerprint density at radius 2 is 2.00 bits per heavy atom. The van der Waals surface area contributed by atoms with Crippen LogP contribution in [0.1, 0.15) is 18.4 Å². The van der Waals surface area contributed by atoms with Gasteiger partial charge in [0, 0.05) is 24.2 Å². The quantitative estimate of drug-likeness (QED) is 0.400. The summed E-state index contributed by atoms with van der Waals surface area (Å²) in [6.07, 6.45) is 0. The van der Waals surface area contributed by atoms with Crippen LogP contribution in [0.25, 0.3) is 0 Å². The van der Waals surface area contributed by atoms with E-state index in [4.69, 9.17) is 15.2 Å². The summed E-state index contributed by atoms with van der Waals surface area (Å²) in [6.45, 7) is 2.78. The minimum atomic E-state index is 0. The number of nitrogens with zero attached hydrogens (tertiary/aromatic N) is 1. The van der Waals surface area contributed by atoms with E-state index in [0.717, 1.165) is 5.69 Å². The van der Waals surface area contributed by atoms with Gasteiger partial charge in [0.15, 0.2) is 17.5 Å². The van der Waals surface area contributed by atoms with Crippen LogP contribution in [0.15, 0.2) is 40.0 Å². The molecule has 2 rings (SSSR count). The number of thiophene rings is 1. The number of hydrogen-bond acceptors (Lipinski definition) is 4. The predicted octanol–water partition coefficient (Wildman–Crippen LogP) is 3.91. The largest absolute Gasteiger partial charge is 0.493 e. The Hall–Kier alpha value is -1.48. The molecule has 1 aromatic heterocycles. The lowest BCUT2D eigenvalue weighted by Crippen LogP contribution is -2.23. The van der Waals surface area contributed by atoms with Gasteiger partial charge in [-0.3, -0.25) is 4.99 Å². The standard InChI is InChI=1S/C16H21N3O2S.HI/c1-11(12-6-7-22-10-12)9-18-16(17)19-13-4-5-14(20-2)15(8-13)21-3;/h4-8,10-11H,9H2,1-3H3,(H3,17,18,19);1H. The van der Waals surface area contributed by atoms with Crippen molar-refractivity contribution in [1.82, 2.24) is 0 Å². The molecule has 5 nitrogen and oxygen atoms in total. The van der Waals surface area contributed by atoms with Crippen LogP contribution < -0.4 is 20.5 Å². The zero-order valence-electron chi connectivity index (χ0n) is 13.4. The summed E-state index contributed by atoms with van der Waals surface area (Å²) in [5.74, 6) is 2.05. The monoisotopic (exact) mass is 447 g/mol. The summed E-state index contributed by atoms with van der Waals surface area (Å²) in [5.41, 5.74) is 8.03. The molecular formula is C16H22IN3O2S. The van der Waals surface area contributed by atoms with Gasteiger partial charge in [-0.2, -0.15) is 11.3 Å². The SMILES string of the molecule is COc1ccc(NC(N)=NCC(C)c2ccsc2)cc1OC.I. The molecule has 0 saturated carbocycles. The predicted molar refractivity (Wildman–Crippen MR) is 108 cm³/mol. The Balaban J connectivity index is 0.00000264. The van der Waals surface area contributed by atoms with Gasteiger partial charge in [0.2, 0.25) is 0 Å². The lowest BCUT2D eigenvalue weighted by Gasteiger charge is -2.11. The van der Waals surface area contributed by atoms with Gasteiger partial charge < -0.3 is 20.5 Å². The fourth-order valence-corrected chi connectivity index (χ4v) is 2.78. The number of rotatable bonds is 6. The number of methoxy groups -OCH3 is 2. The summed E-state index contributed by atoms with van der Waals surface area (Å²) in [7, 11) is 3.20. The summed E-state index contributed by atoms with van der Waals surface area (Å²) >= 11 is 1.69. The zero-order valence-corrected chi connectivity index (χ0v) is 16.6. The lowest BCUT2D eigenvalue weighted by atomic mass is 10.1. The average Bonchev–Trinajstić information content (AvgIpc) is 3.07. The third kappa shape index (κ3) is 5.58. The molecule has 3 N–H and O–H groups in total. The van der Waals surface area contributed by atoms with Crippen molar-refractivity contribution >= 4 is 47.0 Å². The van der Waals surface area contributed by atoms with Crippen molar-refractivity contribution in [1.29, 1.82) is 0 Å². The van der Waals surface area contributed by atoms with Crippen LogP contribution in [0.3, 0.4) is 0 Å². The fraction of sp³-hybridized carbons (Fsp3) is 0.312. The highest BCUT2D eigenvalue weighted by Gasteiger charge is 2.07. The molecule has 7 heteroatoms. The molecule has 0 aliphatic heterocycles. The molecule has 0 bridgehead atoms. The Morgan fingerprint density at radius 3 is 2.61 bits per heavy atom. The molecule has 0 aliphatic rings. The molecule has 2 aromatic rings. The van der Waals surface area contributed by atoms with Gasteiger partial charge in [0.25, 0.3) is 0 Å². The van der Waals surface area contributed by atoms with Gasteiger partial charge in [-0.1, -0.05) is 6.92 Å². The molecule has 126 valence electrons. The second-order valence-corrected chi connectivity index (χ2v) is 5.66. The van der Waals surface area contributed by atoms with Crippen molar-refractivity contribution in [2.45, 2.75) is 12.8 Å². The minimum absolute atomic E-state index is 0. The second-order valence-electron chi connectivity index (χ2n) is 4.88. The molecule has 1 heterocycles. The van der Waals surface area contributed by atoms with Crippen LogP contribution in [-0.4, -0.2) is 26.7 Å². The minimum Gasteiger partial charge on any atom is -0.493 e. The number of aliphatic imine (C=N–C) groups is 1. The molecule has 1 aromatic carbocycles. The van der Waals surface area contributed by atoms with Gasteiger partial charge in [0.05, 0.1) is 14.2 Å². The normalized spacial score (nSPS) is 12.2. The van der Waals surface area contributed by atoms with Gasteiger partial charge in [-0.05, 0) is 34.5 Å². The first kappa shape index (κ1) is 19.6. The Kier molecular flexibility index (Phi) is 8.18. The first-order valence-corrected chi connectivity index (χ1v) is 7.89. The number of hydrogen-bond donors (Lipinski definition) is 2. The van der Waals surface area contributed by atoms with Crippen LogP contribution >= 0.6 is 35.3 Å². The van der Waals surface area contributed by atoms with E-state index in [0.29, 0.717) is 29.9 Å². The molecule has 0 spiro atoms. The molecule has 1 atom stereocenters. The van der Waals surface area contributed by atoms with Gasteiger partial charge in [-0.25, -0.2) is 0 Å². The van der Waals surface area contributed by atoms with E-state index in [9.17, 15) is 0 Å². The van der Waals surface area contributed by atoms with Crippen molar-refractivity contribution < 1.29 is 9.47 Å². The summed E-state index contributed by atoms with van der Waals surface area (Å²) in [6, 6.07) is 7.63. The van der Waals surface area contributed by atoms with E-state index in [-0.39, 0.29) is 24.0 Å². The number of nitrogens with two attached hydrogens (primary N) is 1. The van der Waals surface area contributed by atoms with Gasteiger partial charge >= 0.3 is 0 Å². The topological polar surface area (TPSA) is 68.9 Å². The maximum absolute atomic E-state index is 5.94. The van der Waals surface area contributed by atoms with Crippen molar-refractivity contribution in [2.24, 2.45) is 10.7 Å². The van der Waals surface area contributed by atoms with Crippen LogP contribution in [0.5, 0.6) is 11.5 Å². The van der Waals surface area contributed by atoms with Crippen molar-refractivity contribution in [2.75, 3.05) is 26.1 Å². The number of ether oxygens (including phenoxy) is 2. The molecule has 0 aliphatic carbocycles. The maximum atomic E-state index is 5.94. The molecular weight excluding hydrogens is 425 g/mol. The van der Waals surface area contributed by atoms with Crippen LogP contribution in [0, 0.1) is 0 Å². The number of anilines is 1. The van der Waals surface area contributed by atoms with E-state index in [1.54, 1.807) is 25.6 Å². The molecule has 1 unspecified atom stereocenters. The maximum Gasteiger partial charge on any atom is 0.193 e. The third-order valence-electron chi connectivity index (χ3n) is 3.30. The van der Waals surface area contributed by atoms with Gasteiger partial charge in [0.1, 0.15) is 0 Å². The first-order valence-electron chi connectivity index (χ1n) is 6.95. The smallest absolute Gasteiger partial charge is 0.193 e. The summed E-state index contributed by atoms with van der Waals surface area (Å²) in [4.78, 5) is 4.39.